The number of nitrogens with zero attached hydrogens (tertiary/aromatic N) is 3. The van der Waals surface area contributed by atoms with Crippen LogP contribution in [-0.4, -0.2) is 66.5 Å². The predicted molar refractivity (Wildman–Crippen MR) is 86.6 cm³/mol. The van der Waals surface area contributed by atoms with Crippen LogP contribution in [0.4, 0.5) is 0 Å². The second kappa shape index (κ2) is 8.46. The average Bonchev–Trinajstić information content (AvgIpc) is 2.99. The fourth-order valence-electron chi connectivity index (χ4n) is 2.56. The zero-order chi connectivity index (χ0) is 15.1. The molecule has 1 amide bonds. The molecule has 0 radical (unpaired) electrons. The summed E-state index contributed by atoms with van der Waals surface area (Å²) in [6.45, 7) is 7.40. The third kappa shape index (κ3) is 5.73. The van der Waals surface area contributed by atoms with E-state index in [0.717, 1.165) is 44.7 Å². The van der Waals surface area contributed by atoms with Crippen molar-refractivity contribution in [1.82, 2.24) is 20.1 Å². The number of aromatic nitrogens is 1. The van der Waals surface area contributed by atoms with E-state index in [4.69, 9.17) is 0 Å². The smallest absolute Gasteiger partial charge is 0.220 e. The van der Waals surface area contributed by atoms with Crippen molar-refractivity contribution in [3.05, 3.63) is 16.6 Å². The minimum Gasteiger partial charge on any atom is -0.356 e. The van der Waals surface area contributed by atoms with Crippen LogP contribution >= 0.6 is 11.3 Å². The molecular formula is C15H26N4OS. The maximum Gasteiger partial charge on any atom is 0.220 e. The van der Waals surface area contributed by atoms with Gasteiger partial charge in [0.2, 0.25) is 5.91 Å². The first kappa shape index (κ1) is 16.4. The Kier molecular flexibility index (Phi) is 6.60. The van der Waals surface area contributed by atoms with Gasteiger partial charge in [0.1, 0.15) is 0 Å². The van der Waals surface area contributed by atoms with Crippen LogP contribution in [0.1, 0.15) is 25.5 Å². The first-order valence-electron chi connectivity index (χ1n) is 7.71. The van der Waals surface area contributed by atoms with Crippen molar-refractivity contribution >= 4 is 17.2 Å². The molecule has 2 heterocycles. The Morgan fingerprint density at radius 3 is 2.86 bits per heavy atom. The number of carbonyl (C=O) groups is 1. The minimum atomic E-state index is 0.159. The van der Waals surface area contributed by atoms with Crippen LogP contribution in [0.15, 0.2) is 10.9 Å². The lowest BCUT2D eigenvalue weighted by Crippen LogP contribution is -2.48. The molecule has 21 heavy (non-hydrogen) atoms. The summed E-state index contributed by atoms with van der Waals surface area (Å²) in [6, 6.07) is 0.489. The summed E-state index contributed by atoms with van der Waals surface area (Å²) in [5.74, 6) is 0.159. The monoisotopic (exact) mass is 310 g/mol. The van der Waals surface area contributed by atoms with Gasteiger partial charge in [-0.1, -0.05) is 0 Å². The number of nitrogens with one attached hydrogen (secondary N) is 1. The normalized spacial score (nSPS) is 18.6. The van der Waals surface area contributed by atoms with Crippen LogP contribution in [0.5, 0.6) is 0 Å². The molecule has 0 aromatic carbocycles. The molecule has 1 aromatic rings. The number of piperazine rings is 1. The van der Waals surface area contributed by atoms with Gasteiger partial charge >= 0.3 is 0 Å². The van der Waals surface area contributed by atoms with Crippen molar-refractivity contribution in [1.29, 1.82) is 0 Å². The highest BCUT2D eigenvalue weighted by molar-refractivity contribution is 7.07. The number of likely N-dealkylation sites (N-methyl/N-ethyl adjacent to an activating group) is 1. The highest BCUT2D eigenvalue weighted by atomic mass is 32.1. The molecular weight excluding hydrogens is 284 g/mol. The molecule has 1 atom stereocenters. The largest absolute Gasteiger partial charge is 0.356 e. The SMILES string of the molecule is C[C@H](CCC(=O)NCCc1cscn1)N1CCN(C)CC1. The van der Waals surface area contributed by atoms with E-state index in [-0.39, 0.29) is 5.91 Å². The summed E-state index contributed by atoms with van der Waals surface area (Å²) in [6.07, 6.45) is 2.38. The van der Waals surface area contributed by atoms with E-state index in [1.165, 1.54) is 0 Å². The quantitative estimate of drug-likeness (QED) is 0.823. The molecule has 2 rings (SSSR count). The Labute approximate surface area is 131 Å². The second-order valence-electron chi connectivity index (χ2n) is 5.81. The Bertz CT molecular complexity index is 415. The van der Waals surface area contributed by atoms with E-state index >= 15 is 0 Å². The Morgan fingerprint density at radius 2 is 2.19 bits per heavy atom. The van der Waals surface area contributed by atoms with E-state index in [0.29, 0.717) is 19.0 Å². The van der Waals surface area contributed by atoms with Crippen LogP contribution in [-0.2, 0) is 11.2 Å². The molecule has 6 heteroatoms. The number of hydrogen-bond donors (Lipinski definition) is 1. The molecule has 0 spiro atoms. The van der Waals surface area contributed by atoms with Crippen molar-refractivity contribution in [2.24, 2.45) is 0 Å². The highest BCUT2D eigenvalue weighted by Crippen LogP contribution is 2.10. The molecule has 118 valence electrons. The van der Waals surface area contributed by atoms with Gasteiger partial charge in [-0.2, -0.15) is 0 Å². The highest BCUT2D eigenvalue weighted by Gasteiger charge is 2.19. The molecule has 1 aliphatic rings. The number of hydrogen-bond acceptors (Lipinski definition) is 5. The van der Waals surface area contributed by atoms with Gasteiger partial charge in [-0.15, -0.1) is 11.3 Å². The molecule has 1 aromatic heterocycles. The lowest BCUT2D eigenvalue weighted by atomic mass is 10.1. The van der Waals surface area contributed by atoms with E-state index in [2.05, 4.69) is 34.1 Å². The summed E-state index contributed by atoms with van der Waals surface area (Å²) in [5.41, 5.74) is 2.89. The lowest BCUT2D eigenvalue weighted by molar-refractivity contribution is -0.121. The van der Waals surface area contributed by atoms with Gasteiger partial charge in [0.05, 0.1) is 11.2 Å². The molecule has 1 fully saturated rings. The maximum atomic E-state index is 11.9. The van der Waals surface area contributed by atoms with Crippen LogP contribution in [0, 0.1) is 0 Å². The Balaban J connectivity index is 1.57. The third-order valence-electron chi connectivity index (χ3n) is 4.14. The van der Waals surface area contributed by atoms with E-state index in [1.807, 2.05) is 10.9 Å². The molecule has 1 saturated heterocycles. The van der Waals surface area contributed by atoms with Crippen molar-refractivity contribution in [3.63, 3.8) is 0 Å². The summed E-state index contributed by atoms with van der Waals surface area (Å²) in [4.78, 5) is 20.9. The summed E-state index contributed by atoms with van der Waals surface area (Å²) in [7, 11) is 2.16. The molecule has 5 nitrogen and oxygen atoms in total. The molecule has 0 aliphatic carbocycles. The van der Waals surface area contributed by atoms with Crippen molar-refractivity contribution < 1.29 is 4.79 Å². The Morgan fingerprint density at radius 1 is 1.43 bits per heavy atom. The van der Waals surface area contributed by atoms with Crippen LogP contribution in [0.3, 0.4) is 0 Å². The van der Waals surface area contributed by atoms with Crippen LogP contribution in [0.25, 0.3) is 0 Å². The van der Waals surface area contributed by atoms with E-state index in [9.17, 15) is 4.79 Å². The molecule has 0 bridgehead atoms. The zero-order valence-electron chi connectivity index (χ0n) is 13.0. The van der Waals surface area contributed by atoms with Gasteiger partial charge in [0.25, 0.3) is 0 Å². The molecule has 0 unspecified atom stereocenters. The van der Waals surface area contributed by atoms with Gasteiger partial charge in [-0.05, 0) is 20.4 Å². The standard InChI is InChI=1S/C15H26N4OS/c1-13(19-9-7-18(2)8-10-19)3-4-15(20)16-6-5-14-11-21-12-17-14/h11-13H,3-10H2,1-2H3,(H,16,20)/t13-/m1/s1. The third-order valence-corrected chi connectivity index (χ3v) is 4.77. The van der Waals surface area contributed by atoms with Gasteiger partial charge in [-0.25, -0.2) is 4.98 Å². The van der Waals surface area contributed by atoms with Gasteiger partial charge in [0.15, 0.2) is 0 Å². The van der Waals surface area contributed by atoms with Gasteiger partial charge in [0, 0.05) is 57.0 Å². The van der Waals surface area contributed by atoms with Crippen molar-refractivity contribution in [2.75, 3.05) is 39.8 Å². The minimum absolute atomic E-state index is 0.159. The number of rotatable bonds is 7. The average molecular weight is 310 g/mol. The molecule has 1 N–H and O–H groups in total. The zero-order valence-corrected chi connectivity index (χ0v) is 13.9. The Hall–Kier alpha value is -0.980. The summed E-state index contributed by atoms with van der Waals surface area (Å²) < 4.78 is 0. The van der Waals surface area contributed by atoms with Gasteiger partial charge < -0.3 is 10.2 Å². The first-order valence-corrected chi connectivity index (χ1v) is 8.66. The summed E-state index contributed by atoms with van der Waals surface area (Å²) in [5, 5.41) is 5.01. The van der Waals surface area contributed by atoms with Gasteiger partial charge in [-0.3, -0.25) is 9.69 Å². The molecule has 1 aliphatic heterocycles. The maximum absolute atomic E-state index is 11.9. The van der Waals surface area contributed by atoms with Crippen molar-refractivity contribution in [3.8, 4) is 0 Å². The fraction of sp³-hybridized carbons (Fsp3) is 0.733. The lowest BCUT2D eigenvalue weighted by Gasteiger charge is -2.36. The number of amides is 1. The van der Waals surface area contributed by atoms with Crippen LogP contribution < -0.4 is 5.32 Å². The second-order valence-corrected chi connectivity index (χ2v) is 6.53. The predicted octanol–water partition coefficient (Wildman–Crippen LogP) is 1.22. The number of carbonyl (C=O) groups excluding carboxylic acids is 1. The number of thiazole rings is 1. The van der Waals surface area contributed by atoms with Crippen molar-refractivity contribution in [2.45, 2.75) is 32.2 Å². The van der Waals surface area contributed by atoms with Crippen LogP contribution in [0.2, 0.25) is 0 Å². The molecule has 0 saturated carbocycles. The summed E-state index contributed by atoms with van der Waals surface area (Å²) >= 11 is 1.60. The topological polar surface area (TPSA) is 48.5 Å². The fourth-order valence-corrected chi connectivity index (χ4v) is 3.16. The first-order chi connectivity index (χ1) is 10.1. The van der Waals surface area contributed by atoms with E-state index in [1.54, 1.807) is 11.3 Å². The van der Waals surface area contributed by atoms with E-state index < -0.39 is 0 Å².